The van der Waals surface area contributed by atoms with E-state index in [2.05, 4.69) is 10.5 Å². The van der Waals surface area contributed by atoms with Gasteiger partial charge in [0.1, 0.15) is 0 Å². The van der Waals surface area contributed by atoms with Gasteiger partial charge >= 0.3 is 5.69 Å². The van der Waals surface area contributed by atoms with E-state index in [1.54, 1.807) is 18.2 Å². The smallest absolute Gasteiger partial charge is 0.315 e. The lowest BCUT2D eigenvalue weighted by atomic mass is 10.1. The van der Waals surface area contributed by atoms with E-state index in [0.717, 1.165) is 18.4 Å². The lowest BCUT2D eigenvalue weighted by Crippen LogP contribution is -2.17. The normalized spacial score (nSPS) is 10.7. The maximum atomic E-state index is 12.1. The Bertz CT molecular complexity index is 863. The van der Waals surface area contributed by atoms with Crippen LogP contribution in [0.4, 0.5) is 5.69 Å². The number of hydrazone groups is 1. The molecule has 0 heterocycles. The van der Waals surface area contributed by atoms with Gasteiger partial charge in [0.15, 0.2) is 5.75 Å². The van der Waals surface area contributed by atoms with Crippen molar-refractivity contribution in [2.45, 2.75) is 26.7 Å². The number of hydrogen-bond donors (Lipinski definition) is 1. The Morgan fingerprint density at radius 1 is 1.29 bits per heavy atom. The minimum absolute atomic E-state index is 0.0850. The molecule has 8 nitrogen and oxygen atoms in total. The molecule has 2 rings (SSSR count). The number of carbonyl (C=O) groups is 1. The average molecular weight is 385 g/mol. The highest BCUT2D eigenvalue weighted by molar-refractivity contribution is 5.95. The van der Waals surface area contributed by atoms with Crippen LogP contribution in [0.1, 0.15) is 41.3 Å². The van der Waals surface area contributed by atoms with Gasteiger partial charge in [-0.15, -0.1) is 0 Å². The van der Waals surface area contributed by atoms with Gasteiger partial charge in [-0.3, -0.25) is 14.9 Å². The highest BCUT2D eigenvalue weighted by Gasteiger charge is 2.22. The quantitative estimate of drug-likeness (QED) is 0.306. The number of amides is 1. The third-order valence-corrected chi connectivity index (χ3v) is 3.91. The number of benzene rings is 2. The fourth-order valence-corrected chi connectivity index (χ4v) is 2.37. The van der Waals surface area contributed by atoms with E-state index in [1.165, 1.54) is 19.4 Å². The van der Waals surface area contributed by atoms with Crippen LogP contribution in [0.3, 0.4) is 0 Å². The van der Waals surface area contributed by atoms with Crippen LogP contribution in [-0.2, 0) is 0 Å². The molecule has 0 atom stereocenters. The molecule has 148 valence electrons. The summed E-state index contributed by atoms with van der Waals surface area (Å²) in [6.45, 7) is 4.28. The number of unbranched alkanes of at least 4 members (excludes halogenated alkanes) is 1. The summed E-state index contributed by atoms with van der Waals surface area (Å²) in [5, 5.41) is 15.3. The van der Waals surface area contributed by atoms with Gasteiger partial charge in [0.05, 0.1) is 24.9 Å². The molecule has 0 aliphatic rings. The number of methoxy groups -OCH3 is 1. The van der Waals surface area contributed by atoms with E-state index in [-0.39, 0.29) is 23.1 Å². The van der Waals surface area contributed by atoms with Crippen LogP contribution < -0.4 is 14.9 Å². The lowest BCUT2D eigenvalue weighted by Gasteiger charge is -2.11. The molecule has 0 aliphatic heterocycles. The van der Waals surface area contributed by atoms with Crippen LogP contribution in [0.2, 0.25) is 0 Å². The monoisotopic (exact) mass is 385 g/mol. The molecule has 2 aromatic carbocycles. The fraction of sp³-hybridized carbons (Fsp3) is 0.300. The first-order chi connectivity index (χ1) is 13.5. The third-order valence-electron chi connectivity index (χ3n) is 3.91. The zero-order chi connectivity index (χ0) is 20.5. The predicted molar refractivity (Wildman–Crippen MR) is 106 cm³/mol. The summed E-state index contributed by atoms with van der Waals surface area (Å²) in [5.41, 5.74) is 4.08. The molecule has 0 unspecified atom stereocenters. The first-order valence-corrected chi connectivity index (χ1v) is 8.85. The highest BCUT2D eigenvalue weighted by atomic mass is 16.6. The standard InChI is InChI=1S/C20H23N3O5/c1-4-5-10-28-19-17(23(25)26)11-15(12-18(19)27-3)13-21-22-20(24)16-8-6-14(2)7-9-16/h6-9,11-13H,4-5,10H2,1-3H3,(H,22,24)/b21-13-. The second-order valence-electron chi connectivity index (χ2n) is 6.10. The van der Waals surface area contributed by atoms with E-state index < -0.39 is 4.92 Å². The van der Waals surface area contributed by atoms with E-state index in [0.29, 0.717) is 17.7 Å². The number of nitro groups is 1. The Morgan fingerprint density at radius 3 is 2.61 bits per heavy atom. The minimum Gasteiger partial charge on any atom is -0.493 e. The van der Waals surface area contributed by atoms with E-state index in [1.807, 2.05) is 26.0 Å². The summed E-state index contributed by atoms with van der Waals surface area (Å²) in [5.74, 6) is -0.0596. The highest BCUT2D eigenvalue weighted by Crippen LogP contribution is 2.38. The van der Waals surface area contributed by atoms with Gasteiger partial charge in [0, 0.05) is 17.2 Å². The second kappa shape index (κ2) is 10.1. The zero-order valence-electron chi connectivity index (χ0n) is 16.1. The maximum absolute atomic E-state index is 12.1. The van der Waals surface area contributed by atoms with Gasteiger partial charge in [-0.05, 0) is 31.5 Å². The molecule has 2 aromatic rings. The molecular weight excluding hydrogens is 362 g/mol. The maximum Gasteiger partial charge on any atom is 0.315 e. The number of hydrogen-bond acceptors (Lipinski definition) is 6. The molecule has 0 bridgehead atoms. The average Bonchev–Trinajstić information content (AvgIpc) is 2.68. The Balaban J connectivity index is 2.19. The van der Waals surface area contributed by atoms with Gasteiger partial charge in [-0.2, -0.15) is 5.10 Å². The number of nitro benzene ring substituents is 1. The Kier molecular flexibility index (Phi) is 7.50. The summed E-state index contributed by atoms with van der Waals surface area (Å²) in [4.78, 5) is 23.0. The third kappa shape index (κ3) is 5.54. The Morgan fingerprint density at radius 2 is 2.00 bits per heavy atom. The Labute approximate surface area is 163 Å². The number of aryl methyl sites for hydroxylation is 1. The molecule has 0 aliphatic carbocycles. The number of rotatable bonds is 9. The molecule has 0 aromatic heterocycles. The van der Waals surface area contributed by atoms with Crippen molar-refractivity contribution >= 4 is 17.8 Å². The van der Waals surface area contributed by atoms with Crippen molar-refractivity contribution in [2.75, 3.05) is 13.7 Å². The van der Waals surface area contributed by atoms with E-state index in [9.17, 15) is 14.9 Å². The van der Waals surface area contributed by atoms with Crippen LogP contribution in [0.5, 0.6) is 11.5 Å². The topological polar surface area (TPSA) is 103 Å². The molecular formula is C20H23N3O5. The van der Waals surface area contributed by atoms with Gasteiger partial charge in [-0.25, -0.2) is 5.43 Å². The summed E-state index contributed by atoms with van der Waals surface area (Å²) < 4.78 is 10.8. The van der Waals surface area contributed by atoms with E-state index in [4.69, 9.17) is 9.47 Å². The molecule has 0 saturated carbocycles. The summed E-state index contributed by atoms with van der Waals surface area (Å²) in [7, 11) is 1.41. The number of carbonyl (C=O) groups excluding carboxylic acids is 1. The van der Waals surface area contributed by atoms with Crippen molar-refractivity contribution in [1.82, 2.24) is 5.43 Å². The zero-order valence-corrected chi connectivity index (χ0v) is 16.1. The second-order valence-corrected chi connectivity index (χ2v) is 6.10. The first kappa shape index (κ1) is 20.9. The fourth-order valence-electron chi connectivity index (χ4n) is 2.37. The SMILES string of the molecule is CCCCOc1c(OC)cc(/C=N\NC(=O)c2ccc(C)cc2)cc1[N+](=O)[O-]. The van der Waals surface area contributed by atoms with Crippen molar-refractivity contribution in [2.24, 2.45) is 5.10 Å². The van der Waals surface area contributed by atoms with Gasteiger partial charge in [0.2, 0.25) is 5.75 Å². The molecule has 1 N–H and O–H groups in total. The van der Waals surface area contributed by atoms with Gasteiger partial charge < -0.3 is 9.47 Å². The van der Waals surface area contributed by atoms with Crippen LogP contribution >= 0.6 is 0 Å². The summed E-state index contributed by atoms with van der Waals surface area (Å²) >= 11 is 0. The van der Waals surface area contributed by atoms with Crippen molar-refractivity contribution in [3.05, 3.63) is 63.2 Å². The molecule has 0 spiro atoms. The molecule has 8 heteroatoms. The van der Waals surface area contributed by atoms with Crippen molar-refractivity contribution in [3.63, 3.8) is 0 Å². The number of nitrogens with zero attached hydrogens (tertiary/aromatic N) is 2. The molecule has 28 heavy (non-hydrogen) atoms. The predicted octanol–water partition coefficient (Wildman–Crippen LogP) is 3.85. The van der Waals surface area contributed by atoms with Crippen molar-refractivity contribution in [3.8, 4) is 11.5 Å². The summed E-state index contributed by atoms with van der Waals surface area (Å²) in [6, 6.07) is 9.92. The Hall–Kier alpha value is -3.42. The van der Waals surface area contributed by atoms with Crippen molar-refractivity contribution in [1.29, 1.82) is 0 Å². The van der Waals surface area contributed by atoms with Crippen LogP contribution in [0.25, 0.3) is 0 Å². The van der Waals surface area contributed by atoms with Crippen molar-refractivity contribution < 1.29 is 19.2 Å². The molecule has 0 fully saturated rings. The largest absolute Gasteiger partial charge is 0.493 e. The van der Waals surface area contributed by atoms with Gasteiger partial charge in [0.25, 0.3) is 5.91 Å². The lowest BCUT2D eigenvalue weighted by molar-refractivity contribution is -0.386. The summed E-state index contributed by atoms with van der Waals surface area (Å²) in [6.07, 6.45) is 2.99. The molecule has 0 saturated heterocycles. The van der Waals surface area contributed by atoms with Crippen LogP contribution in [0, 0.1) is 17.0 Å². The minimum atomic E-state index is -0.536. The number of nitrogens with one attached hydrogen (secondary N) is 1. The van der Waals surface area contributed by atoms with E-state index >= 15 is 0 Å². The first-order valence-electron chi connectivity index (χ1n) is 8.85. The van der Waals surface area contributed by atoms with Crippen LogP contribution in [0.15, 0.2) is 41.5 Å². The number of ether oxygens (including phenoxy) is 2. The molecule has 0 radical (unpaired) electrons. The van der Waals surface area contributed by atoms with Gasteiger partial charge in [-0.1, -0.05) is 31.0 Å². The van der Waals surface area contributed by atoms with Crippen LogP contribution in [-0.4, -0.2) is 30.8 Å². The molecule has 1 amide bonds.